The Balaban J connectivity index is 1.74. The van der Waals surface area contributed by atoms with Gasteiger partial charge in [0.05, 0.1) is 6.61 Å². The van der Waals surface area contributed by atoms with Gasteiger partial charge in [0, 0.05) is 27.8 Å². The third-order valence-corrected chi connectivity index (χ3v) is 7.70. The first-order chi connectivity index (χ1) is 13.1. The van der Waals surface area contributed by atoms with E-state index in [0.717, 1.165) is 23.8 Å². The standard InChI is InChI=1S/C24H34N2OS/c1-23(2,3)18-13-17(14-19-21(18)27-12-9-24(19,4)5)22-25-15-20(28-22)16-7-10-26(6)11-8-16/h13-16H,7-12H2,1-6H3. The van der Waals surface area contributed by atoms with E-state index in [0.29, 0.717) is 5.92 Å². The molecule has 0 radical (unpaired) electrons. The topological polar surface area (TPSA) is 25.4 Å². The van der Waals surface area contributed by atoms with Crippen LogP contribution in [0.25, 0.3) is 10.6 Å². The maximum Gasteiger partial charge on any atom is 0.126 e. The van der Waals surface area contributed by atoms with Crippen molar-refractivity contribution < 1.29 is 4.74 Å². The summed E-state index contributed by atoms with van der Waals surface area (Å²) in [7, 11) is 2.22. The Morgan fingerprint density at radius 2 is 1.89 bits per heavy atom. The third kappa shape index (κ3) is 3.73. The average Bonchev–Trinajstić information content (AvgIpc) is 3.11. The van der Waals surface area contributed by atoms with Crippen LogP contribution in [0.2, 0.25) is 0 Å². The predicted octanol–water partition coefficient (Wildman–Crippen LogP) is 5.98. The minimum absolute atomic E-state index is 0.0432. The molecule has 1 saturated heterocycles. The highest BCUT2D eigenvalue weighted by Gasteiger charge is 2.34. The van der Waals surface area contributed by atoms with Gasteiger partial charge >= 0.3 is 0 Å². The molecule has 0 N–H and O–H groups in total. The summed E-state index contributed by atoms with van der Waals surface area (Å²) in [6.45, 7) is 14.7. The quantitative estimate of drug-likeness (QED) is 0.622. The Morgan fingerprint density at radius 3 is 2.57 bits per heavy atom. The number of rotatable bonds is 2. The lowest BCUT2D eigenvalue weighted by Crippen LogP contribution is -2.29. The molecule has 1 aromatic heterocycles. The average molecular weight is 399 g/mol. The Kier molecular flexibility index (Phi) is 5.08. The molecule has 3 heterocycles. The smallest absolute Gasteiger partial charge is 0.126 e. The summed E-state index contributed by atoms with van der Waals surface area (Å²) in [6, 6.07) is 4.68. The van der Waals surface area contributed by atoms with Gasteiger partial charge < -0.3 is 9.64 Å². The number of thiazole rings is 1. The fourth-order valence-electron chi connectivity index (χ4n) is 4.41. The molecule has 0 saturated carbocycles. The van der Waals surface area contributed by atoms with Gasteiger partial charge in [-0.1, -0.05) is 34.6 Å². The van der Waals surface area contributed by atoms with Crippen LogP contribution in [0.15, 0.2) is 18.3 Å². The molecule has 152 valence electrons. The molecule has 3 nitrogen and oxygen atoms in total. The van der Waals surface area contributed by atoms with Gasteiger partial charge in [-0.3, -0.25) is 0 Å². The van der Waals surface area contributed by atoms with E-state index in [2.05, 4.69) is 64.9 Å². The first-order valence-corrected chi connectivity index (χ1v) is 11.4. The van der Waals surface area contributed by atoms with Crippen LogP contribution >= 0.6 is 11.3 Å². The molecule has 28 heavy (non-hydrogen) atoms. The third-order valence-electron chi connectivity index (χ3n) is 6.49. The lowest BCUT2D eigenvalue weighted by atomic mass is 9.75. The van der Waals surface area contributed by atoms with Crippen molar-refractivity contribution in [3.05, 3.63) is 34.3 Å². The van der Waals surface area contributed by atoms with Crippen LogP contribution in [0.4, 0.5) is 0 Å². The second kappa shape index (κ2) is 7.14. The summed E-state index contributed by atoms with van der Waals surface area (Å²) in [5, 5.41) is 1.16. The number of aromatic nitrogens is 1. The number of hydrogen-bond donors (Lipinski definition) is 0. The Labute approximate surface area is 174 Å². The molecule has 0 atom stereocenters. The molecule has 1 fully saturated rings. The monoisotopic (exact) mass is 398 g/mol. The van der Waals surface area contributed by atoms with Gasteiger partial charge in [0.2, 0.25) is 0 Å². The molecule has 2 aliphatic rings. The summed E-state index contributed by atoms with van der Waals surface area (Å²) in [5.74, 6) is 1.78. The van der Waals surface area contributed by atoms with E-state index >= 15 is 0 Å². The predicted molar refractivity (Wildman–Crippen MR) is 119 cm³/mol. The van der Waals surface area contributed by atoms with Crippen LogP contribution in [0, 0.1) is 0 Å². The van der Waals surface area contributed by atoms with Gasteiger partial charge in [-0.25, -0.2) is 4.98 Å². The second-order valence-electron chi connectivity index (χ2n) is 10.3. The van der Waals surface area contributed by atoms with Crippen LogP contribution in [0.3, 0.4) is 0 Å². The summed E-state index contributed by atoms with van der Waals surface area (Å²) in [6.07, 6.45) is 5.69. The Bertz CT molecular complexity index is 837. The van der Waals surface area contributed by atoms with Gasteiger partial charge in [-0.05, 0) is 68.3 Å². The molecule has 0 aliphatic carbocycles. The Hall–Kier alpha value is -1.39. The lowest BCUT2D eigenvalue weighted by Gasteiger charge is -2.36. The van der Waals surface area contributed by atoms with E-state index < -0.39 is 0 Å². The summed E-state index contributed by atoms with van der Waals surface area (Å²) < 4.78 is 6.20. The molecule has 0 spiro atoms. The van der Waals surface area contributed by atoms with E-state index in [1.165, 1.54) is 47.5 Å². The van der Waals surface area contributed by atoms with Crippen LogP contribution in [0.5, 0.6) is 5.75 Å². The second-order valence-corrected chi connectivity index (χ2v) is 11.3. The van der Waals surface area contributed by atoms with Gasteiger partial charge in [0.1, 0.15) is 10.8 Å². The molecule has 0 bridgehead atoms. The molecule has 0 unspecified atom stereocenters. The summed E-state index contributed by atoms with van der Waals surface area (Å²) in [5.41, 5.74) is 4.09. The minimum atomic E-state index is 0.0432. The van der Waals surface area contributed by atoms with Crippen molar-refractivity contribution in [3.8, 4) is 16.3 Å². The van der Waals surface area contributed by atoms with Crippen molar-refractivity contribution in [1.82, 2.24) is 9.88 Å². The van der Waals surface area contributed by atoms with Crippen LogP contribution in [-0.4, -0.2) is 36.6 Å². The maximum atomic E-state index is 6.20. The zero-order valence-electron chi connectivity index (χ0n) is 18.3. The molecule has 4 rings (SSSR count). The molecule has 2 aliphatic heterocycles. The molecule has 0 amide bonds. The fraction of sp³-hybridized carbons (Fsp3) is 0.625. The van der Waals surface area contributed by atoms with Crippen LogP contribution < -0.4 is 4.74 Å². The number of nitrogens with zero attached hydrogens (tertiary/aromatic N) is 2. The lowest BCUT2D eigenvalue weighted by molar-refractivity contribution is 0.228. The molecular weight excluding hydrogens is 364 g/mol. The van der Waals surface area contributed by atoms with Gasteiger partial charge in [-0.15, -0.1) is 11.3 Å². The Morgan fingerprint density at radius 1 is 1.18 bits per heavy atom. The summed E-state index contributed by atoms with van der Waals surface area (Å²) in [4.78, 5) is 8.75. The number of ether oxygens (including phenoxy) is 1. The van der Waals surface area contributed by atoms with Crippen molar-refractivity contribution in [2.75, 3.05) is 26.7 Å². The highest BCUT2D eigenvalue weighted by molar-refractivity contribution is 7.15. The van der Waals surface area contributed by atoms with E-state index in [9.17, 15) is 0 Å². The highest BCUT2D eigenvalue weighted by atomic mass is 32.1. The number of piperidine rings is 1. The van der Waals surface area contributed by atoms with Crippen molar-refractivity contribution in [1.29, 1.82) is 0 Å². The number of benzene rings is 1. The molecular formula is C24H34N2OS. The SMILES string of the molecule is CN1CCC(c2cnc(-c3cc(C(C)(C)C)c4c(c3)C(C)(C)CCO4)s2)CC1. The van der Waals surface area contributed by atoms with E-state index in [-0.39, 0.29) is 10.8 Å². The van der Waals surface area contributed by atoms with Crippen molar-refractivity contribution >= 4 is 11.3 Å². The molecule has 4 heteroatoms. The first kappa shape index (κ1) is 19.9. The number of likely N-dealkylation sites (tertiary alicyclic amines) is 1. The van der Waals surface area contributed by atoms with E-state index in [1.807, 2.05) is 11.3 Å². The fourth-order valence-corrected chi connectivity index (χ4v) is 5.48. The normalized spacial score (nSPS) is 20.6. The molecule has 2 aromatic rings. The van der Waals surface area contributed by atoms with E-state index in [4.69, 9.17) is 9.72 Å². The molecule has 1 aromatic carbocycles. The highest BCUT2D eigenvalue weighted by Crippen LogP contribution is 2.47. The maximum absolute atomic E-state index is 6.20. The zero-order valence-corrected chi connectivity index (χ0v) is 19.1. The van der Waals surface area contributed by atoms with Crippen LogP contribution in [-0.2, 0) is 10.8 Å². The largest absolute Gasteiger partial charge is 0.493 e. The number of hydrogen-bond acceptors (Lipinski definition) is 4. The summed E-state index contributed by atoms with van der Waals surface area (Å²) >= 11 is 1.89. The number of fused-ring (bicyclic) bond motifs is 1. The first-order valence-electron chi connectivity index (χ1n) is 10.6. The minimum Gasteiger partial charge on any atom is -0.493 e. The van der Waals surface area contributed by atoms with Gasteiger partial charge in [0.25, 0.3) is 0 Å². The van der Waals surface area contributed by atoms with Crippen molar-refractivity contribution in [3.63, 3.8) is 0 Å². The van der Waals surface area contributed by atoms with Crippen LogP contribution in [0.1, 0.15) is 75.8 Å². The van der Waals surface area contributed by atoms with Crippen molar-refractivity contribution in [2.45, 2.75) is 70.6 Å². The van der Waals surface area contributed by atoms with Gasteiger partial charge in [-0.2, -0.15) is 0 Å². The van der Waals surface area contributed by atoms with E-state index in [1.54, 1.807) is 0 Å². The van der Waals surface area contributed by atoms with Gasteiger partial charge in [0.15, 0.2) is 0 Å². The van der Waals surface area contributed by atoms with Crippen molar-refractivity contribution in [2.24, 2.45) is 0 Å². The zero-order chi connectivity index (χ0) is 20.1.